The number of benzene rings is 2. The summed E-state index contributed by atoms with van der Waals surface area (Å²) in [6.45, 7) is 5.11. The Bertz CT molecular complexity index is 1190. The number of nitrogens with zero attached hydrogens (tertiary/aromatic N) is 3. The Kier molecular flexibility index (Phi) is 5.46. The van der Waals surface area contributed by atoms with E-state index in [1.807, 2.05) is 6.07 Å². The molecule has 0 aliphatic carbocycles. The van der Waals surface area contributed by atoms with Gasteiger partial charge in [-0.15, -0.1) is 0 Å². The maximum absolute atomic E-state index is 11.4. The van der Waals surface area contributed by atoms with E-state index in [4.69, 9.17) is 10.5 Å². The number of fused-ring (bicyclic) bond motifs is 2. The molecule has 2 aromatic carbocycles. The molecule has 1 amide bonds. The molecule has 1 atom stereocenters. The summed E-state index contributed by atoms with van der Waals surface area (Å²) < 4.78 is 5.62. The van der Waals surface area contributed by atoms with Crippen LogP contribution < -0.4 is 15.4 Å². The first-order chi connectivity index (χ1) is 15.6. The first-order valence-electron chi connectivity index (χ1n) is 11.2. The van der Waals surface area contributed by atoms with E-state index in [0.717, 1.165) is 67.8 Å². The van der Waals surface area contributed by atoms with Crippen LogP contribution in [0.1, 0.15) is 23.1 Å². The van der Waals surface area contributed by atoms with Crippen molar-refractivity contribution in [3.8, 4) is 11.8 Å². The average molecular weight is 430 g/mol. The summed E-state index contributed by atoms with van der Waals surface area (Å²) in [5.74, 6) is 0.366. The molecule has 164 valence electrons. The molecular formula is C25H27N5O2. The number of nitrogens with one attached hydrogen (secondary N) is 1. The predicted octanol–water partition coefficient (Wildman–Crippen LogP) is 2.58. The predicted molar refractivity (Wildman–Crippen MR) is 124 cm³/mol. The van der Waals surface area contributed by atoms with Gasteiger partial charge in [0.05, 0.1) is 5.56 Å². The number of aromatic nitrogens is 1. The number of ether oxygens (including phenoxy) is 1. The average Bonchev–Trinajstić information content (AvgIpc) is 3.43. The lowest BCUT2D eigenvalue weighted by Crippen LogP contribution is -2.46. The number of primary amides is 1. The summed E-state index contributed by atoms with van der Waals surface area (Å²) in [6, 6.07) is 14.8. The number of rotatable bonds is 6. The summed E-state index contributed by atoms with van der Waals surface area (Å²) >= 11 is 0. The molecule has 1 aromatic heterocycles. The molecule has 1 saturated heterocycles. The van der Waals surface area contributed by atoms with Gasteiger partial charge < -0.3 is 20.4 Å². The van der Waals surface area contributed by atoms with Crippen molar-refractivity contribution < 1.29 is 9.53 Å². The number of amides is 1. The number of anilines is 1. The second kappa shape index (κ2) is 8.56. The third-order valence-corrected chi connectivity index (χ3v) is 6.58. The lowest BCUT2D eigenvalue weighted by molar-refractivity contribution is -0.123. The molecule has 2 aliphatic heterocycles. The van der Waals surface area contributed by atoms with Crippen LogP contribution in [0.5, 0.6) is 5.75 Å². The molecule has 0 radical (unpaired) electrons. The number of aryl methyl sites for hydroxylation is 1. The van der Waals surface area contributed by atoms with Gasteiger partial charge >= 0.3 is 0 Å². The van der Waals surface area contributed by atoms with Crippen molar-refractivity contribution >= 4 is 22.5 Å². The molecule has 0 saturated carbocycles. The molecule has 32 heavy (non-hydrogen) atoms. The van der Waals surface area contributed by atoms with Gasteiger partial charge in [-0.25, -0.2) is 0 Å². The number of carbonyl (C=O) groups excluding carboxylic acids is 1. The van der Waals surface area contributed by atoms with E-state index in [2.05, 4.69) is 51.2 Å². The van der Waals surface area contributed by atoms with Crippen LogP contribution in [0.3, 0.4) is 0 Å². The Balaban J connectivity index is 1.12. The normalized spacial score (nSPS) is 18.3. The summed E-state index contributed by atoms with van der Waals surface area (Å²) in [7, 11) is 0. The van der Waals surface area contributed by atoms with Crippen LogP contribution in [-0.2, 0) is 17.6 Å². The molecule has 1 fully saturated rings. The third kappa shape index (κ3) is 4.02. The Morgan fingerprint density at radius 2 is 2.03 bits per heavy atom. The zero-order valence-electron chi connectivity index (χ0n) is 18.0. The number of H-pyrrole nitrogens is 1. The molecule has 3 aromatic rings. The molecule has 0 bridgehead atoms. The van der Waals surface area contributed by atoms with Gasteiger partial charge in [0.15, 0.2) is 6.10 Å². The van der Waals surface area contributed by atoms with Crippen molar-refractivity contribution in [1.82, 2.24) is 9.88 Å². The zero-order chi connectivity index (χ0) is 22.1. The van der Waals surface area contributed by atoms with Gasteiger partial charge in [0.1, 0.15) is 11.8 Å². The second-order valence-corrected chi connectivity index (χ2v) is 8.63. The fraction of sp³-hybridized carbons (Fsp3) is 0.360. The molecule has 1 unspecified atom stereocenters. The molecule has 5 rings (SSSR count). The highest BCUT2D eigenvalue weighted by molar-refractivity contribution is 5.86. The number of nitrogens with two attached hydrogens (primary N) is 1. The van der Waals surface area contributed by atoms with Crippen LogP contribution in [0.4, 0.5) is 5.69 Å². The highest BCUT2D eigenvalue weighted by atomic mass is 16.5. The summed E-state index contributed by atoms with van der Waals surface area (Å²) in [5.41, 5.74) is 10.6. The molecule has 7 nitrogen and oxygen atoms in total. The van der Waals surface area contributed by atoms with E-state index in [1.54, 1.807) is 6.20 Å². The number of hydrogen-bond donors (Lipinski definition) is 2. The Morgan fingerprint density at radius 1 is 1.19 bits per heavy atom. The molecule has 7 heteroatoms. The summed E-state index contributed by atoms with van der Waals surface area (Å²) in [4.78, 5) is 19.5. The first kappa shape index (κ1) is 20.4. The fourth-order valence-electron chi connectivity index (χ4n) is 4.74. The van der Waals surface area contributed by atoms with Crippen molar-refractivity contribution in [2.45, 2.75) is 25.4 Å². The van der Waals surface area contributed by atoms with E-state index in [-0.39, 0.29) is 0 Å². The molecule has 0 spiro atoms. The number of aromatic amines is 1. The van der Waals surface area contributed by atoms with E-state index in [9.17, 15) is 10.1 Å². The van der Waals surface area contributed by atoms with E-state index < -0.39 is 12.0 Å². The van der Waals surface area contributed by atoms with Crippen LogP contribution in [0.2, 0.25) is 0 Å². The number of hydrogen-bond acceptors (Lipinski definition) is 5. The molecule has 3 heterocycles. The minimum atomic E-state index is -0.540. The van der Waals surface area contributed by atoms with E-state index in [1.165, 1.54) is 11.3 Å². The van der Waals surface area contributed by atoms with Crippen LogP contribution in [0.25, 0.3) is 10.9 Å². The topological polar surface area (TPSA) is 98.4 Å². The molecular weight excluding hydrogens is 402 g/mol. The van der Waals surface area contributed by atoms with Gasteiger partial charge in [-0.05, 0) is 55.3 Å². The summed E-state index contributed by atoms with van der Waals surface area (Å²) in [5, 5.41) is 10.3. The highest BCUT2D eigenvalue weighted by Crippen LogP contribution is 2.32. The first-order valence-corrected chi connectivity index (χ1v) is 11.2. The van der Waals surface area contributed by atoms with Gasteiger partial charge in [-0.1, -0.05) is 6.07 Å². The highest BCUT2D eigenvalue weighted by Gasteiger charge is 2.28. The van der Waals surface area contributed by atoms with Gasteiger partial charge in [-0.3, -0.25) is 9.69 Å². The Morgan fingerprint density at radius 3 is 2.81 bits per heavy atom. The molecule has 3 N–H and O–H groups in total. The minimum absolute atomic E-state index is 0.408. The van der Waals surface area contributed by atoms with Crippen molar-refractivity contribution in [2.75, 3.05) is 37.6 Å². The van der Waals surface area contributed by atoms with Crippen LogP contribution in [0.15, 0.2) is 42.6 Å². The summed E-state index contributed by atoms with van der Waals surface area (Å²) in [6.07, 6.45) is 3.91. The number of piperazine rings is 1. The van der Waals surface area contributed by atoms with Gasteiger partial charge in [-0.2, -0.15) is 5.26 Å². The lowest BCUT2D eigenvalue weighted by atomic mass is 10.1. The second-order valence-electron chi connectivity index (χ2n) is 8.63. The van der Waals surface area contributed by atoms with Crippen LogP contribution in [-0.4, -0.2) is 54.6 Å². The smallest absolute Gasteiger partial charge is 0.258 e. The third-order valence-electron chi connectivity index (χ3n) is 6.58. The fourth-order valence-corrected chi connectivity index (χ4v) is 4.74. The minimum Gasteiger partial charge on any atom is -0.480 e. The van der Waals surface area contributed by atoms with Gasteiger partial charge in [0.2, 0.25) is 0 Å². The standard InChI is InChI=1S/C25H27N5O2/c26-15-19-16-28-22-5-3-17(12-21(19)22)2-1-7-29-8-10-30(11-9-29)20-4-6-23-18(13-20)14-24(32-23)25(27)31/h3-6,12-13,16,24,28H,1-2,7-11,14H2,(H2,27,31). The quantitative estimate of drug-likeness (QED) is 0.628. The van der Waals surface area contributed by atoms with E-state index >= 15 is 0 Å². The van der Waals surface area contributed by atoms with E-state index in [0.29, 0.717) is 12.0 Å². The van der Waals surface area contributed by atoms with Gasteiger partial charge in [0, 0.05) is 61.0 Å². The largest absolute Gasteiger partial charge is 0.480 e. The lowest BCUT2D eigenvalue weighted by Gasteiger charge is -2.36. The maximum atomic E-state index is 11.4. The molecule has 2 aliphatic rings. The number of carbonyl (C=O) groups is 1. The van der Waals surface area contributed by atoms with Crippen molar-refractivity contribution in [1.29, 1.82) is 5.26 Å². The Labute approximate surface area is 187 Å². The zero-order valence-corrected chi connectivity index (χ0v) is 18.0. The van der Waals surface area contributed by atoms with Gasteiger partial charge in [0.25, 0.3) is 5.91 Å². The SMILES string of the molecule is N#Cc1c[nH]c2ccc(CCCN3CCN(c4ccc5c(c4)CC(C(N)=O)O5)CC3)cc12. The van der Waals surface area contributed by atoms with Crippen molar-refractivity contribution in [2.24, 2.45) is 5.73 Å². The monoisotopic (exact) mass is 429 g/mol. The number of nitriles is 1. The maximum Gasteiger partial charge on any atom is 0.258 e. The van der Waals surface area contributed by atoms with Crippen LogP contribution in [0, 0.1) is 11.3 Å². The van der Waals surface area contributed by atoms with Crippen molar-refractivity contribution in [3.63, 3.8) is 0 Å². The Hall–Kier alpha value is -3.50. The van der Waals surface area contributed by atoms with Crippen molar-refractivity contribution in [3.05, 3.63) is 59.3 Å². The van der Waals surface area contributed by atoms with Crippen LogP contribution >= 0.6 is 0 Å².